The molecule has 1 atom stereocenters. The lowest BCUT2D eigenvalue weighted by atomic mass is 10.1. The highest BCUT2D eigenvalue weighted by atomic mass is 16.3. The largest absolute Gasteiger partial charge is 0.390 e. The Hall–Kier alpha value is -0.120. The number of likely N-dealkylation sites (N-methyl/N-ethyl adjacent to an activating group) is 1. The predicted molar refractivity (Wildman–Crippen MR) is 68.6 cm³/mol. The van der Waals surface area contributed by atoms with E-state index in [0.29, 0.717) is 6.54 Å². The van der Waals surface area contributed by atoms with E-state index >= 15 is 0 Å². The summed E-state index contributed by atoms with van der Waals surface area (Å²) in [6.45, 7) is 12.3. The second kappa shape index (κ2) is 5.99. The minimum Gasteiger partial charge on any atom is -0.390 e. The number of rotatable bonds is 7. The smallest absolute Gasteiger partial charge is 0.0791 e. The summed E-state index contributed by atoms with van der Waals surface area (Å²) in [7, 11) is 0. The van der Waals surface area contributed by atoms with Gasteiger partial charge in [-0.15, -0.1) is 0 Å². The van der Waals surface area contributed by atoms with Crippen LogP contribution < -0.4 is 5.32 Å². The van der Waals surface area contributed by atoms with Crippen molar-refractivity contribution in [1.82, 2.24) is 10.2 Å². The van der Waals surface area contributed by atoms with Gasteiger partial charge in [0.2, 0.25) is 0 Å². The zero-order chi connectivity index (χ0) is 12.2. The highest BCUT2D eigenvalue weighted by Crippen LogP contribution is 2.29. The normalized spacial score (nSPS) is 19.1. The standard InChI is InChI=1S/C13H28N2O/c1-5-15(9-11-6-7-11)10-12(16)8-14-13(2,3)4/h11-12,14,16H,5-10H2,1-4H3. The number of aliphatic hydroxyl groups is 1. The molecule has 0 aliphatic heterocycles. The monoisotopic (exact) mass is 228 g/mol. The molecule has 96 valence electrons. The molecule has 1 aliphatic rings. The van der Waals surface area contributed by atoms with Crippen LogP contribution in [0.2, 0.25) is 0 Å². The van der Waals surface area contributed by atoms with Crippen LogP contribution in [0.4, 0.5) is 0 Å². The minimum absolute atomic E-state index is 0.0918. The number of hydrogen-bond donors (Lipinski definition) is 2. The average Bonchev–Trinajstić information content (AvgIpc) is 2.96. The maximum atomic E-state index is 9.94. The maximum Gasteiger partial charge on any atom is 0.0791 e. The molecule has 3 heteroatoms. The molecule has 2 N–H and O–H groups in total. The topological polar surface area (TPSA) is 35.5 Å². The lowest BCUT2D eigenvalue weighted by Crippen LogP contribution is -2.45. The molecule has 16 heavy (non-hydrogen) atoms. The van der Waals surface area contributed by atoms with Crippen LogP contribution >= 0.6 is 0 Å². The van der Waals surface area contributed by atoms with E-state index in [-0.39, 0.29) is 11.6 Å². The van der Waals surface area contributed by atoms with E-state index in [9.17, 15) is 5.11 Å². The zero-order valence-electron chi connectivity index (χ0n) is 11.3. The van der Waals surface area contributed by atoms with Gasteiger partial charge in [0.1, 0.15) is 0 Å². The van der Waals surface area contributed by atoms with Crippen molar-refractivity contribution < 1.29 is 5.11 Å². The lowest BCUT2D eigenvalue weighted by Gasteiger charge is -2.27. The molecule has 0 heterocycles. The SMILES string of the molecule is CCN(CC(O)CNC(C)(C)C)CC1CC1. The van der Waals surface area contributed by atoms with Gasteiger partial charge in [0, 0.05) is 25.2 Å². The van der Waals surface area contributed by atoms with Gasteiger partial charge in [-0.1, -0.05) is 6.92 Å². The fourth-order valence-corrected chi connectivity index (χ4v) is 1.78. The third-order valence-corrected chi connectivity index (χ3v) is 3.00. The van der Waals surface area contributed by atoms with Gasteiger partial charge in [-0.05, 0) is 46.1 Å². The number of nitrogens with zero attached hydrogens (tertiary/aromatic N) is 1. The van der Waals surface area contributed by atoms with E-state index in [0.717, 1.165) is 19.0 Å². The molecule has 1 rings (SSSR count). The molecule has 0 aromatic heterocycles. The summed E-state index contributed by atoms with van der Waals surface area (Å²) in [5.74, 6) is 0.905. The molecule has 0 aromatic carbocycles. The van der Waals surface area contributed by atoms with Crippen molar-refractivity contribution in [2.24, 2.45) is 5.92 Å². The highest BCUT2D eigenvalue weighted by molar-refractivity contribution is 4.79. The molecule has 0 aromatic rings. The quantitative estimate of drug-likeness (QED) is 0.692. The molecule has 1 unspecified atom stereocenters. The van der Waals surface area contributed by atoms with Gasteiger partial charge in [0.15, 0.2) is 0 Å². The Kier molecular flexibility index (Phi) is 5.22. The summed E-state index contributed by atoms with van der Waals surface area (Å²) in [6.07, 6.45) is 2.51. The van der Waals surface area contributed by atoms with Gasteiger partial charge in [0.25, 0.3) is 0 Å². The van der Waals surface area contributed by atoms with Gasteiger partial charge >= 0.3 is 0 Å². The van der Waals surface area contributed by atoms with Crippen molar-refractivity contribution in [3.05, 3.63) is 0 Å². The van der Waals surface area contributed by atoms with Crippen LogP contribution in [0.5, 0.6) is 0 Å². The number of β-amino-alcohol motifs (C(OH)–C–C–N with tert-alkyl or cyclic N) is 1. The summed E-state index contributed by atoms with van der Waals surface area (Å²) >= 11 is 0. The second-order valence-corrected chi connectivity index (χ2v) is 6.08. The van der Waals surface area contributed by atoms with E-state index in [1.807, 2.05) is 0 Å². The van der Waals surface area contributed by atoms with Crippen LogP contribution in [0.25, 0.3) is 0 Å². The Labute approximate surface area is 100 Å². The molecule has 0 bridgehead atoms. The summed E-state index contributed by atoms with van der Waals surface area (Å²) in [5, 5.41) is 13.3. The molecule has 1 fully saturated rings. The Morgan fingerprint density at radius 2 is 2.00 bits per heavy atom. The Morgan fingerprint density at radius 1 is 1.38 bits per heavy atom. The zero-order valence-corrected chi connectivity index (χ0v) is 11.3. The Morgan fingerprint density at radius 3 is 2.44 bits per heavy atom. The third-order valence-electron chi connectivity index (χ3n) is 3.00. The van der Waals surface area contributed by atoms with E-state index in [1.165, 1.54) is 19.4 Å². The molecule has 0 saturated heterocycles. The first kappa shape index (κ1) is 13.9. The van der Waals surface area contributed by atoms with Gasteiger partial charge in [0.05, 0.1) is 6.10 Å². The van der Waals surface area contributed by atoms with Crippen LogP contribution in [-0.4, -0.2) is 47.8 Å². The van der Waals surface area contributed by atoms with Crippen molar-refractivity contribution in [2.45, 2.75) is 52.2 Å². The summed E-state index contributed by atoms with van der Waals surface area (Å²) < 4.78 is 0. The minimum atomic E-state index is -0.252. The number of hydrogen-bond acceptors (Lipinski definition) is 3. The van der Waals surface area contributed by atoms with Crippen molar-refractivity contribution in [1.29, 1.82) is 0 Å². The van der Waals surface area contributed by atoms with Crippen molar-refractivity contribution >= 4 is 0 Å². The highest BCUT2D eigenvalue weighted by Gasteiger charge is 2.24. The van der Waals surface area contributed by atoms with Crippen molar-refractivity contribution in [3.8, 4) is 0 Å². The second-order valence-electron chi connectivity index (χ2n) is 6.08. The van der Waals surface area contributed by atoms with Crippen LogP contribution in [-0.2, 0) is 0 Å². The first-order valence-electron chi connectivity index (χ1n) is 6.56. The van der Waals surface area contributed by atoms with Crippen molar-refractivity contribution in [3.63, 3.8) is 0 Å². The van der Waals surface area contributed by atoms with Gasteiger partial charge in [-0.3, -0.25) is 0 Å². The predicted octanol–water partition coefficient (Wildman–Crippen LogP) is 1.47. The fraction of sp³-hybridized carbons (Fsp3) is 1.00. The molecule has 0 radical (unpaired) electrons. The van der Waals surface area contributed by atoms with Gasteiger partial charge < -0.3 is 15.3 Å². The first-order chi connectivity index (χ1) is 7.40. The summed E-state index contributed by atoms with van der Waals surface area (Å²) in [4.78, 5) is 2.37. The number of aliphatic hydroxyl groups excluding tert-OH is 1. The molecular formula is C13H28N2O. The first-order valence-corrected chi connectivity index (χ1v) is 6.56. The van der Waals surface area contributed by atoms with Crippen LogP contribution in [0, 0.1) is 5.92 Å². The van der Waals surface area contributed by atoms with E-state index < -0.39 is 0 Å². The molecule has 0 spiro atoms. The molecule has 1 saturated carbocycles. The molecule has 0 amide bonds. The molecular weight excluding hydrogens is 200 g/mol. The Balaban J connectivity index is 2.17. The van der Waals surface area contributed by atoms with Crippen LogP contribution in [0.15, 0.2) is 0 Å². The number of nitrogens with one attached hydrogen (secondary N) is 1. The molecule has 3 nitrogen and oxygen atoms in total. The molecule has 1 aliphatic carbocycles. The van der Waals surface area contributed by atoms with Crippen molar-refractivity contribution in [2.75, 3.05) is 26.2 Å². The maximum absolute atomic E-state index is 9.94. The van der Waals surface area contributed by atoms with E-state index in [4.69, 9.17) is 0 Å². The van der Waals surface area contributed by atoms with Crippen LogP contribution in [0.1, 0.15) is 40.5 Å². The average molecular weight is 228 g/mol. The Bertz CT molecular complexity index is 197. The summed E-state index contributed by atoms with van der Waals surface area (Å²) in [6, 6.07) is 0. The third kappa shape index (κ3) is 6.46. The van der Waals surface area contributed by atoms with Gasteiger partial charge in [-0.25, -0.2) is 0 Å². The lowest BCUT2D eigenvalue weighted by molar-refractivity contribution is 0.105. The summed E-state index contributed by atoms with van der Waals surface area (Å²) in [5.41, 5.74) is 0.0918. The van der Waals surface area contributed by atoms with E-state index in [2.05, 4.69) is 37.9 Å². The fourth-order valence-electron chi connectivity index (χ4n) is 1.78. The van der Waals surface area contributed by atoms with Gasteiger partial charge in [-0.2, -0.15) is 0 Å². The van der Waals surface area contributed by atoms with Crippen LogP contribution in [0.3, 0.4) is 0 Å². The van der Waals surface area contributed by atoms with E-state index in [1.54, 1.807) is 0 Å².